The van der Waals surface area contributed by atoms with E-state index in [0.29, 0.717) is 24.7 Å². The van der Waals surface area contributed by atoms with Gasteiger partial charge in [0.1, 0.15) is 0 Å². The molecule has 2 aliphatic heterocycles. The highest BCUT2D eigenvalue weighted by atomic mass is 35.5. The van der Waals surface area contributed by atoms with E-state index in [4.69, 9.17) is 11.6 Å². The Hall–Kier alpha value is -2.86. The van der Waals surface area contributed by atoms with Gasteiger partial charge in [0.2, 0.25) is 17.7 Å². The first-order chi connectivity index (χ1) is 13.9. The van der Waals surface area contributed by atoms with Gasteiger partial charge in [-0.1, -0.05) is 29.8 Å². The molecule has 7 heteroatoms. The van der Waals surface area contributed by atoms with Crippen molar-refractivity contribution >= 4 is 40.7 Å². The Bertz CT molecular complexity index is 991. The number of anilines is 2. The van der Waals surface area contributed by atoms with E-state index < -0.39 is 5.92 Å². The highest BCUT2D eigenvalue weighted by Crippen LogP contribution is 2.34. The molecular weight excluding hydrogens is 390 g/mol. The van der Waals surface area contributed by atoms with E-state index >= 15 is 0 Å². The summed E-state index contributed by atoms with van der Waals surface area (Å²) < 4.78 is 0. The maximum absolute atomic E-state index is 12.6. The molecule has 1 saturated heterocycles. The molecule has 0 saturated carbocycles. The Labute approximate surface area is 174 Å². The third-order valence-electron chi connectivity index (χ3n) is 5.56. The van der Waals surface area contributed by atoms with Crippen molar-refractivity contribution in [3.63, 3.8) is 0 Å². The lowest BCUT2D eigenvalue weighted by Crippen LogP contribution is -2.32. The number of carbonyl (C=O) groups excluding carboxylic acids is 3. The number of halogens is 1. The van der Waals surface area contributed by atoms with Crippen LogP contribution in [0.5, 0.6) is 0 Å². The largest absolute Gasteiger partial charge is 0.352 e. The Balaban J connectivity index is 1.42. The van der Waals surface area contributed by atoms with Crippen LogP contribution in [-0.2, 0) is 27.3 Å². The van der Waals surface area contributed by atoms with Gasteiger partial charge in [-0.25, -0.2) is 0 Å². The molecule has 0 bridgehead atoms. The molecule has 4 rings (SSSR count). The fourth-order valence-electron chi connectivity index (χ4n) is 3.98. The molecule has 1 fully saturated rings. The summed E-state index contributed by atoms with van der Waals surface area (Å²) in [4.78, 5) is 40.3. The summed E-state index contributed by atoms with van der Waals surface area (Å²) in [5.41, 5.74) is 3.58. The average Bonchev–Trinajstić information content (AvgIpc) is 3.30. The lowest BCUT2D eigenvalue weighted by Gasteiger charge is -2.19. The second-order valence-electron chi connectivity index (χ2n) is 7.45. The third-order valence-corrected chi connectivity index (χ3v) is 5.93. The predicted octanol–water partition coefficient (Wildman–Crippen LogP) is 2.92. The Morgan fingerprint density at radius 2 is 2.00 bits per heavy atom. The van der Waals surface area contributed by atoms with Crippen LogP contribution in [0.25, 0.3) is 0 Å². The van der Waals surface area contributed by atoms with Crippen LogP contribution in [0.3, 0.4) is 0 Å². The van der Waals surface area contributed by atoms with Crippen LogP contribution in [0.2, 0.25) is 5.02 Å². The molecule has 0 spiro atoms. The number of carbonyl (C=O) groups is 3. The van der Waals surface area contributed by atoms with E-state index in [1.54, 1.807) is 22.8 Å². The van der Waals surface area contributed by atoms with Gasteiger partial charge in [0.15, 0.2) is 0 Å². The first-order valence-electron chi connectivity index (χ1n) is 9.66. The summed E-state index contributed by atoms with van der Waals surface area (Å²) in [6, 6.07) is 13.1. The maximum Gasteiger partial charge on any atom is 0.227 e. The molecule has 6 nitrogen and oxygen atoms in total. The quantitative estimate of drug-likeness (QED) is 0.841. The van der Waals surface area contributed by atoms with Crippen LogP contribution < -0.4 is 15.1 Å². The van der Waals surface area contributed by atoms with E-state index in [-0.39, 0.29) is 24.1 Å². The van der Waals surface area contributed by atoms with Gasteiger partial charge in [-0.15, -0.1) is 0 Å². The summed E-state index contributed by atoms with van der Waals surface area (Å²) in [6.45, 7) is 2.90. The van der Waals surface area contributed by atoms with Crippen molar-refractivity contribution in [2.75, 3.05) is 22.9 Å². The zero-order chi connectivity index (χ0) is 20.5. The van der Waals surface area contributed by atoms with Crippen molar-refractivity contribution in [3.8, 4) is 0 Å². The molecule has 1 atom stereocenters. The van der Waals surface area contributed by atoms with Crippen LogP contribution in [0, 0.1) is 5.92 Å². The van der Waals surface area contributed by atoms with Crippen molar-refractivity contribution in [1.82, 2.24) is 5.32 Å². The molecular formula is C22H22ClN3O3. The maximum atomic E-state index is 12.6. The molecule has 0 aliphatic carbocycles. The van der Waals surface area contributed by atoms with Crippen molar-refractivity contribution in [2.45, 2.75) is 26.3 Å². The highest BCUT2D eigenvalue weighted by Gasteiger charge is 2.35. The van der Waals surface area contributed by atoms with E-state index in [1.807, 2.05) is 36.4 Å². The Morgan fingerprint density at radius 3 is 2.76 bits per heavy atom. The number of nitrogens with zero attached hydrogens (tertiary/aromatic N) is 2. The summed E-state index contributed by atoms with van der Waals surface area (Å²) in [7, 11) is 0. The van der Waals surface area contributed by atoms with Gasteiger partial charge >= 0.3 is 0 Å². The highest BCUT2D eigenvalue weighted by molar-refractivity contribution is 6.31. The number of nitrogens with one attached hydrogen (secondary N) is 1. The van der Waals surface area contributed by atoms with Gasteiger partial charge in [-0.3, -0.25) is 14.4 Å². The van der Waals surface area contributed by atoms with Crippen LogP contribution in [0.15, 0.2) is 42.5 Å². The van der Waals surface area contributed by atoms with Crippen molar-refractivity contribution in [1.29, 1.82) is 0 Å². The lowest BCUT2D eigenvalue weighted by atomic mass is 10.1. The number of hydrogen-bond donors (Lipinski definition) is 1. The molecule has 2 aliphatic rings. The van der Waals surface area contributed by atoms with Crippen molar-refractivity contribution in [3.05, 3.63) is 58.6 Å². The average molecular weight is 412 g/mol. The molecule has 3 amide bonds. The van der Waals surface area contributed by atoms with E-state index in [1.165, 1.54) is 0 Å². The van der Waals surface area contributed by atoms with Crippen LogP contribution in [0.1, 0.15) is 24.5 Å². The minimum atomic E-state index is -0.396. The molecule has 1 N–H and O–H groups in total. The minimum Gasteiger partial charge on any atom is -0.352 e. The number of rotatable bonds is 4. The fourth-order valence-corrected chi connectivity index (χ4v) is 4.19. The minimum absolute atomic E-state index is 0.0176. The van der Waals surface area contributed by atoms with Crippen molar-refractivity contribution in [2.24, 2.45) is 5.92 Å². The second kappa shape index (κ2) is 7.87. The SMILES string of the molecule is CC(=O)N1CCc2cc(N3C[C@@H](C(=O)NCc4ccccc4Cl)CC3=O)ccc21. The van der Waals surface area contributed by atoms with E-state index in [9.17, 15) is 14.4 Å². The second-order valence-corrected chi connectivity index (χ2v) is 7.86. The molecule has 150 valence electrons. The topological polar surface area (TPSA) is 69.7 Å². The third kappa shape index (κ3) is 3.85. The molecule has 0 aromatic heterocycles. The van der Waals surface area contributed by atoms with Gasteiger partial charge in [-0.05, 0) is 41.8 Å². The normalized spacial score (nSPS) is 18.1. The van der Waals surface area contributed by atoms with Crippen LogP contribution in [0.4, 0.5) is 11.4 Å². The molecule has 0 unspecified atom stereocenters. The summed E-state index contributed by atoms with van der Waals surface area (Å²) in [6.07, 6.45) is 0.956. The van der Waals surface area contributed by atoms with Gasteiger partial charge < -0.3 is 15.1 Å². The Morgan fingerprint density at radius 1 is 1.21 bits per heavy atom. The summed E-state index contributed by atoms with van der Waals surface area (Å²) in [5, 5.41) is 3.49. The predicted molar refractivity (Wildman–Crippen MR) is 112 cm³/mol. The number of hydrogen-bond acceptors (Lipinski definition) is 3. The zero-order valence-corrected chi connectivity index (χ0v) is 16.9. The van der Waals surface area contributed by atoms with E-state index in [0.717, 1.165) is 28.9 Å². The Kier molecular flexibility index (Phi) is 5.28. The fraction of sp³-hybridized carbons (Fsp3) is 0.318. The first-order valence-corrected chi connectivity index (χ1v) is 10.0. The van der Waals surface area contributed by atoms with Gasteiger partial charge in [-0.2, -0.15) is 0 Å². The number of benzene rings is 2. The lowest BCUT2D eigenvalue weighted by molar-refractivity contribution is -0.126. The van der Waals surface area contributed by atoms with E-state index in [2.05, 4.69) is 5.32 Å². The molecule has 2 aromatic carbocycles. The smallest absolute Gasteiger partial charge is 0.227 e. The van der Waals surface area contributed by atoms with Gasteiger partial charge in [0.25, 0.3) is 0 Å². The van der Waals surface area contributed by atoms with Gasteiger partial charge in [0, 0.05) is 49.4 Å². The van der Waals surface area contributed by atoms with Crippen molar-refractivity contribution < 1.29 is 14.4 Å². The molecule has 2 heterocycles. The molecule has 0 radical (unpaired) electrons. The molecule has 2 aromatic rings. The van der Waals surface area contributed by atoms with Gasteiger partial charge in [0.05, 0.1) is 5.92 Å². The zero-order valence-electron chi connectivity index (χ0n) is 16.2. The summed E-state index contributed by atoms with van der Waals surface area (Å²) in [5.74, 6) is -0.593. The monoisotopic (exact) mass is 411 g/mol. The van der Waals surface area contributed by atoms with Crippen LogP contribution in [-0.4, -0.2) is 30.8 Å². The number of amides is 3. The standard InChI is InChI=1S/C22H22ClN3O3/c1-14(27)25-9-8-15-10-18(6-7-20(15)25)26-13-17(11-21(26)28)22(29)24-12-16-4-2-3-5-19(16)23/h2-7,10,17H,8-9,11-13H2,1H3,(H,24,29)/t17-/m0/s1. The van der Waals surface area contributed by atoms with Crippen LogP contribution >= 0.6 is 11.6 Å². The summed E-state index contributed by atoms with van der Waals surface area (Å²) >= 11 is 6.13. The first kappa shape index (κ1) is 19.5. The number of fused-ring (bicyclic) bond motifs is 1. The molecule has 29 heavy (non-hydrogen) atoms.